The second-order valence-electron chi connectivity index (χ2n) is 4.53. The van der Waals surface area contributed by atoms with Gasteiger partial charge in [0.15, 0.2) is 0 Å². The third kappa shape index (κ3) is 3.09. The lowest BCUT2D eigenvalue weighted by Gasteiger charge is -2.37. The van der Waals surface area contributed by atoms with Crippen LogP contribution in [0.1, 0.15) is 20.8 Å². The topological polar surface area (TPSA) is 63.4 Å². The molecule has 4 nitrogen and oxygen atoms in total. The van der Waals surface area contributed by atoms with E-state index in [0.717, 1.165) is 5.75 Å². The molecule has 0 bridgehead atoms. The fourth-order valence-corrected chi connectivity index (χ4v) is 4.82. The van der Waals surface area contributed by atoms with Crippen molar-refractivity contribution in [2.24, 2.45) is 5.73 Å². The van der Waals surface area contributed by atoms with Crippen molar-refractivity contribution in [2.45, 2.75) is 30.8 Å². The summed E-state index contributed by atoms with van der Waals surface area (Å²) in [7, 11) is -3.38. The molecule has 0 aromatic heterocycles. The summed E-state index contributed by atoms with van der Waals surface area (Å²) in [6.07, 6.45) is 0. The standard InChI is InChI=1S/C9H18N2O2S3/c1-7(8(10)14)16(12,13)11-4-5-15-9(2,3)6-11/h7H,4-6H2,1-3H3,(H2,10,14). The van der Waals surface area contributed by atoms with Gasteiger partial charge < -0.3 is 5.73 Å². The Morgan fingerprint density at radius 2 is 2.12 bits per heavy atom. The minimum atomic E-state index is -3.38. The van der Waals surface area contributed by atoms with E-state index in [1.54, 1.807) is 18.7 Å². The molecule has 16 heavy (non-hydrogen) atoms. The Bertz CT molecular complexity index is 378. The van der Waals surface area contributed by atoms with Crippen molar-refractivity contribution in [2.75, 3.05) is 18.8 Å². The molecule has 1 saturated heterocycles. The molecule has 0 amide bonds. The molecule has 0 spiro atoms. The van der Waals surface area contributed by atoms with Crippen LogP contribution in [-0.2, 0) is 10.0 Å². The van der Waals surface area contributed by atoms with Crippen LogP contribution in [0.5, 0.6) is 0 Å². The molecule has 1 fully saturated rings. The smallest absolute Gasteiger partial charge is 0.223 e. The first-order valence-electron chi connectivity index (χ1n) is 5.09. The van der Waals surface area contributed by atoms with Crippen LogP contribution in [0.15, 0.2) is 0 Å². The van der Waals surface area contributed by atoms with Crippen molar-refractivity contribution in [1.82, 2.24) is 4.31 Å². The molecule has 1 unspecified atom stereocenters. The van der Waals surface area contributed by atoms with Crippen LogP contribution in [-0.4, -0.2) is 46.6 Å². The molecule has 0 radical (unpaired) electrons. The average Bonchev–Trinajstić information content (AvgIpc) is 2.14. The van der Waals surface area contributed by atoms with Crippen LogP contribution in [0.3, 0.4) is 0 Å². The van der Waals surface area contributed by atoms with Crippen molar-refractivity contribution in [3.05, 3.63) is 0 Å². The van der Waals surface area contributed by atoms with Crippen LogP contribution in [0, 0.1) is 0 Å². The largest absolute Gasteiger partial charge is 0.392 e. The number of hydrogen-bond donors (Lipinski definition) is 1. The Kier molecular flexibility index (Phi) is 4.26. The summed E-state index contributed by atoms with van der Waals surface area (Å²) in [6, 6.07) is 0. The summed E-state index contributed by atoms with van der Waals surface area (Å²) in [5, 5.41) is -0.776. The zero-order valence-corrected chi connectivity index (χ0v) is 12.2. The molecular weight excluding hydrogens is 264 g/mol. The molecule has 0 aromatic carbocycles. The summed E-state index contributed by atoms with van der Waals surface area (Å²) >= 11 is 6.55. The minimum Gasteiger partial charge on any atom is -0.392 e. The molecule has 0 aliphatic carbocycles. The summed E-state index contributed by atoms with van der Waals surface area (Å²) in [5.41, 5.74) is 5.42. The predicted octanol–water partition coefficient (Wildman–Crippen LogP) is 0.818. The number of rotatable bonds is 3. The number of thioether (sulfide) groups is 1. The average molecular weight is 282 g/mol. The van der Waals surface area contributed by atoms with Crippen LogP contribution in [0.4, 0.5) is 0 Å². The summed E-state index contributed by atoms with van der Waals surface area (Å²) < 4.78 is 25.8. The molecule has 1 aliphatic heterocycles. The highest BCUT2D eigenvalue weighted by molar-refractivity contribution is 8.00. The summed E-state index contributed by atoms with van der Waals surface area (Å²) in [6.45, 7) is 6.71. The van der Waals surface area contributed by atoms with E-state index in [0.29, 0.717) is 13.1 Å². The Balaban J connectivity index is 2.88. The Morgan fingerprint density at radius 3 is 2.56 bits per heavy atom. The lowest BCUT2D eigenvalue weighted by atomic mass is 10.2. The first kappa shape index (κ1) is 14.2. The van der Waals surface area contributed by atoms with E-state index in [1.807, 2.05) is 13.8 Å². The van der Waals surface area contributed by atoms with Gasteiger partial charge >= 0.3 is 0 Å². The fraction of sp³-hybridized carbons (Fsp3) is 0.889. The van der Waals surface area contributed by atoms with Gasteiger partial charge in [0.1, 0.15) is 5.25 Å². The highest BCUT2D eigenvalue weighted by Gasteiger charge is 2.37. The maximum Gasteiger partial charge on any atom is 0.223 e. The van der Waals surface area contributed by atoms with E-state index >= 15 is 0 Å². The highest BCUT2D eigenvalue weighted by Crippen LogP contribution is 2.31. The monoisotopic (exact) mass is 282 g/mol. The highest BCUT2D eigenvalue weighted by atomic mass is 32.2. The van der Waals surface area contributed by atoms with Gasteiger partial charge in [-0.05, 0) is 20.8 Å². The third-order valence-corrected chi connectivity index (χ3v) is 6.58. The molecule has 0 aromatic rings. The molecule has 2 N–H and O–H groups in total. The van der Waals surface area contributed by atoms with Crippen molar-refractivity contribution in [3.63, 3.8) is 0 Å². The van der Waals surface area contributed by atoms with Crippen LogP contribution in [0.2, 0.25) is 0 Å². The number of nitrogens with two attached hydrogens (primary N) is 1. The van der Waals surface area contributed by atoms with Gasteiger partial charge in [-0.2, -0.15) is 16.1 Å². The van der Waals surface area contributed by atoms with Gasteiger partial charge in [0.25, 0.3) is 0 Å². The SMILES string of the molecule is CC(C(N)=S)S(=O)(=O)N1CCSC(C)(C)C1. The van der Waals surface area contributed by atoms with Gasteiger partial charge in [-0.3, -0.25) is 0 Å². The molecule has 1 atom stereocenters. The van der Waals surface area contributed by atoms with Gasteiger partial charge in [0.2, 0.25) is 10.0 Å². The number of hydrogen-bond acceptors (Lipinski definition) is 4. The number of nitrogens with zero attached hydrogens (tertiary/aromatic N) is 1. The van der Waals surface area contributed by atoms with Crippen molar-refractivity contribution in [1.29, 1.82) is 0 Å². The minimum absolute atomic E-state index is 0.0380. The van der Waals surface area contributed by atoms with E-state index < -0.39 is 15.3 Å². The van der Waals surface area contributed by atoms with Gasteiger partial charge in [-0.15, -0.1) is 0 Å². The van der Waals surface area contributed by atoms with Gasteiger partial charge in [-0.25, -0.2) is 8.42 Å². The zero-order chi connectivity index (χ0) is 12.6. The van der Waals surface area contributed by atoms with Crippen molar-refractivity contribution in [3.8, 4) is 0 Å². The quantitative estimate of drug-likeness (QED) is 0.776. The normalized spacial score (nSPS) is 23.9. The Hall–Kier alpha value is 0.150. The van der Waals surface area contributed by atoms with Crippen molar-refractivity contribution < 1.29 is 8.42 Å². The van der Waals surface area contributed by atoms with Gasteiger partial charge in [0, 0.05) is 23.6 Å². The van der Waals surface area contributed by atoms with Crippen LogP contribution in [0.25, 0.3) is 0 Å². The van der Waals surface area contributed by atoms with E-state index in [9.17, 15) is 8.42 Å². The molecule has 1 heterocycles. The van der Waals surface area contributed by atoms with E-state index in [4.69, 9.17) is 18.0 Å². The number of sulfonamides is 1. The molecule has 94 valence electrons. The predicted molar refractivity (Wildman–Crippen MR) is 73.3 cm³/mol. The van der Waals surface area contributed by atoms with Crippen molar-refractivity contribution >= 4 is 39.0 Å². The van der Waals surface area contributed by atoms with Crippen LogP contribution < -0.4 is 5.73 Å². The zero-order valence-electron chi connectivity index (χ0n) is 9.76. The van der Waals surface area contributed by atoms with Gasteiger partial charge in [-0.1, -0.05) is 12.2 Å². The molecular formula is C9H18N2O2S3. The van der Waals surface area contributed by atoms with E-state index in [-0.39, 0.29) is 9.74 Å². The Labute approximate surface area is 107 Å². The maximum atomic E-state index is 12.2. The van der Waals surface area contributed by atoms with E-state index in [2.05, 4.69) is 0 Å². The first-order valence-corrected chi connectivity index (χ1v) is 7.99. The first-order chi connectivity index (χ1) is 7.17. The summed E-state index contributed by atoms with van der Waals surface area (Å²) in [5.74, 6) is 0.816. The second kappa shape index (κ2) is 4.80. The van der Waals surface area contributed by atoms with E-state index in [1.165, 1.54) is 4.31 Å². The summed E-state index contributed by atoms with van der Waals surface area (Å²) in [4.78, 5) is 0.0380. The molecule has 1 rings (SSSR count). The molecule has 7 heteroatoms. The van der Waals surface area contributed by atoms with Gasteiger partial charge in [0.05, 0.1) is 4.99 Å². The molecule has 0 saturated carbocycles. The molecule has 1 aliphatic rings. The Morgan fingerprint density at radius 1 is 1.56 bits per heavy atom. The van der Waals surface area contributed by atoms with Crippen LogP contribution >= 0.6 is 24.0 Å². The second-order valence-corrected chi connectivity index (χ2v) is 9.06. The lowest BCUT2D eigenvalue weighted by molar-refractivity contribution is 0.386. The maximum absolute atomic E-state index is 12.2. The lowest BCUT2D eigenvalue weighted by Crippen LogP contribution is -2.50. The fourth-order valence-electron chi connectivity index (χ4n) is 1.56. The third-order valence-electron chi connectivity index (χ3n) is 2.60. The number of thiocarbonyl (C=S) groups is 1.